The second kappa shape index (κ2) is 10.6. The van der Waals surface area contributed by atoms with Crippen molar-refractivity contribution in [3.63, 3.8) is 0 Å². The molecule has 4 fully saturated rings. The van der Waals surface area contributed by atoms with Crippen LogP contribution in [0.3, 0.4) is 0 Å². The molecule has 3 amide bonds. The van der Waals surface area contributed by atoms with Gasteiger partial charge in [-0.2, -0.15) is 0 Å². The van der Waals surface area contributed by atoms with Crippen molar-refractivity contribution in [2.45, 2.75) is 50.6 Å². The summed E-state index contributed by atoms with van der Waals surface area (Å²) in [4.78, 5) is 48.2. The summed E-state index contributed by atoms with van der Waals surface area (Å²) in [5.74, 6) is 0.0193. The highest BCUT2D eigenvalue weighted by atomic mass is 16.5. The molecule has 10 heteroatoms. The Labute approximate surface area is 240 Å². The van der Waals surface area contributed by atoms with Gasteiger partial charge in [-0.1, -0.05) is 18.2 Å². The standard InChI is InChI=1S/C31H38N6O4/c38-27-9-7-24(29(40)34-27)32-28(39)25-6-8-26-30(33-25)41-20-23-19-35(14-15-37(23)26)18-21-16-31(17-21)10-12-36(13-11-31)22-4-2-1-3-5-22/h1-6,8,21,23-24H,7,9-20H2,(H,32,39)(H,34,38,40). The van der Waals surface area contributed by atoms with Gasteiger partial charge >= 0.3 is 0 Å². The van der Waals surface area contributed by atoms with Crippen LogP contribution in [0.15, 0.2) is 42.5 Å². The van der Waals surface area contributed by atoms with Gasteiger partial charge in [0.1, 0.15) is 24.0 Å². The molecule has 41 heavy (non-hydrogen) atoms. The van der Waals surface area contributed by atoms with E-state index in [4.69, 9.17) is 4.74 Å². The SMILES string of the molecule is O=C1CCC(NC(=O)c2ccc3c(n2)OCC2CN(CC4CC5(CCN(c6ccccc6)CC5)C4)CCN32)C(=O)N1. The number of carbonyl (C=O) groups is 3. The first-order valence-electron chi connectivity index (χ1n) is 15.0. The third kappa shape index (κ3) is 5.25. The number of ether oxygens (including phenoxy) is 1. The summed E-state index contributed by atoms with van der Waals surface area (Å²) in [6, 6.07) is 13.9. The van der Waals surface area contributed by atoms with E-state index in [2.05, 4.69) is 60.6 Å². The fraction of sp³-hybridized carbons (Fsp3) is 0.548. The summed E-state index contributed by atoms with van der Waals surface area (Å²) in [5, 5.41) is 4.95. The van der Waals surface area contributed by atoms with E-state index in [0.717, 1.165) is 31.2 Å². The molecular formula is C31H38N6O4. The Bertz CT molecular complexity index is 1320. The normalized spacial score (nSPS) is 26.0. The highest BCUT2D eigenvalue weighted by Gasteiger charge is 2.46. The van der Waals surface area contributed by atoms with Gasteiger partial charge in [-0.05, 0) is 67.7 Å². The van der Waals surface area contributed by atoms with Crippen LogP contribution in [0, 0.1) is 11.3 Å². The van der Waals surface area contributed by atoms with Crippen LogP contribution in [-0.4, -0.2) is 85.6 Å². The number of hydrogen-bond acceptors (Lipinski definition) is 8. The zero-order valence-electron chi connectivity index (χ0n) is 23.4. The van der Waals surface area contributed by atoms with E-state index in [9.17, 15) is 14.4 Å². The van der Waals surface area contributed by atoms with E-state index in [0.29, 0.717) is 24.3 Å². The Hall–Kier alpha value is -3.66. The summed E-state index contributed by atoms with van der Waals surface area (Å²) in [6.45, 7) is 6.94. The van der Waals surface area contributed by atoms with Crippen molar-refractivity contribution in [2.75, 3.05) is 55.7 Å². The third-order valence-corrected chi connectivity index (χ3v) is 9.81. The molecule has 10 nitrogen and oxygen atoms in total. The van der Waals surface area contributed by atoms with Crippen molar-refractivity contribution in [2.24, 2.45) is 11.3 Å². The van der Waals surface area contributed by atoms with Crippen LogP contribution < -0.4 is 25.2 Å². The molecule has 1 spiro atoms. The minimum Gasteiger partial charge on any atom is -0.474 e. The second-order valence-electron chi connectivity index (χ2n) is 12.5. The number of para-hydroxylation sites is 1. The number of pyridine rings is 1. The summed E-state index contributed by atoms with van der Waals surface area (Å²) in [6.07, 6.45) is 5.82. The summed E-state index contributed by atoms with van der Waals surface area (Å²) >= 11 is 0. The van der Waals surface area contributed by atoms with Gasteiger partial charge in [0.25, 0.3) is 5.91 Å². The van der Waals surface area contributed by atoms with Crippen LogP contribution in [0.2, 0.25) is 0 Å². The maximum absolute atomic E-state index is 12.8. The quantitative estimate of drug-likeness (QED) is 0.538. The number of amides is 3. The fourth-order valence-corrected chi connectivity index (χ4v) is 7.61. The van der Waals surface area contributed by atoms with Gasteiger partial charge in [0.2, 0.25) is 17.7 Å². The number of piperidine rings is 2. The number of nitrogens with one attached hydrogen (secondary N) is 2. The summed E-state index contributed by atoms with van der Waals surface area (Å²) in [5.41, 5.74) is 3.04. The first kappa shape index (κ1) is 26.3. The number of carbonyl (C=O) groups excluding carboxylic acids is 3. The molecule has 5 heterocycles. The highest BCUT2D eigenvalue weighted by molar-refractivity contribution is 6.03. The Kier molecular flexibility index (Phi) is 6.81. The zero-order chi connectivity index (χ0) is 28.0. The summed E-state index contributed by atoms with van der Waals surface area (Å²) in [7, 11) is 0. The van der Waals surface area contributed by atoms with Crippen molar-refractivity contribution in [1.82, 2.24) is 20.5 Å². The molecule has 2 atom stereocenters. The Morgan fingerprint density at radius 2 is 1.85 bits per heavy atom. The number of aromatic nitrogens is 1. The molecule has 1 aliphatic carbocycles. The maximum atomic E-state index is 12.8. The van der Waals surface area contributed by atoms with Gasteiger partial charge in [-0.25, -0.2) is 4.98 Å². The van der Waals surface area contributed by atoms with Crippen LogP contribution >= 0.6 is 0 Å². The van der Waals surface area contributed by atoms with E-state index in [1.807, 2.05) is 6.07 Å². The first-order chi connectivity index (χ1) is 19.9. The van der Waals surface area contributed by atoms with Gasteiger partial charge in [0, 0.05) is 51.4 Å². The lowest BCUT2D eigenvalue weighted by Gasteiger charge is -2.54. The van der Waals surface area contributed by atoms with E-state index >= 15 is 0 Å². The lowest BCUT2D eigenvalue weighted by atomic mass is 9.57. The van der Waals surface area contributed by atoms with Gasteiger partial charge in [0.05, 0.1) is 6.04 Å². The van der Waals surface area contributed by atoms with Crippen LogP contribution in [0.4, 0.5) is 11.4 Å². The molecule has 1 aromatic carbocycles. The lowest BCUT2D eigenvalue weighted by Crippen LogP contribution is -2.59. The minimum absolute atomic E-state index is 0.207. The van der Waals surface area contributed by atoms with E-state index < -0.39 is 17.9 Å². The number of anilines is 2. The number of hydrogen-bond donors (Lipinski definition) is 2. The average molecular weight is 559 g/mol. The predicted molar refractivity (Wildman–Crippen MR) is 154 cm³/mol. The first-order valence-corrected chi connectivity index (χ1v) is 15.0. The minimum atomic E-state index is -0.732. The molecule has 3 saturated heterocycles. The van der Waals surface area contributed by atoms with Crippen molar-refractivity contribution >= 4 is 29.1 Å². The molecule has 1 aromatic heterocycles. The molecule has 4 aliphatic heterocycles. The third-order valence-electron chi connectivity index (χ3n) is 9.81. The molecule has 0 bridgehead atoms. The van der Waals surface area contributed by atoms with E-state index in [1.54, 1.807) is 6.07 Å². The van der Waals surface area contributed by atoms with Crippen LogP contribution in [0.1, 0.15) is 49.0 Å². The lowest BCUT2D eigenvalue weighted by molar-refractivity contribution is -0.134. The van der Waals surface area contributed by atoms with Crippen molar-refractivity contribution in [3.8, 4) is 5.88 Å². The fourth-order valence-electron chi connectivity index (χ4n) is 7.61. The van der Waals surface area contributed by atoms with Crippen LogP contribution in [0.25, 0.3) is 0 Å². The molecule has 1 saturated carbocycles. The number of imide groups is 1. The Morgan fingerprint density at radius 3 is 2.63 bits per heavy atom. The van der Waals surface area contributed by atoms with Gasteiger partial charge in [-0.3, -0.25) is 24.6 Å². The molecule has 2 N–H and O–H groups in total. The van der Waals surface area contributed by atoms with E-state index in [-0.39, 0.29) is 24.1 Å². The molecule has 5 aliphatic rings. The van der Waals surface area contributed by atoms with Crippen LogP contribution in [0.5, 0.6) is 5.88 Å². The Balaban J connectivity index is 0.897. The number of benzene rings is 1. The number of piperazine rings is 1. The monoisotopic (exact) mass is 558 g/mol. The van der Waals surface area contributed by atoms with E-state index in [1.165, 1.54) is 51.0 Å². The molecule has 7 rings (SSSR count). The maximum Gasteiger partial charge on any atom is 0.270 e. The number of nitrogens with zero attached hydrogens (tertiary/aromatic N) is 4. The van der Waals surface area contributed by atoms with Gasteiger partial charge < -0.3 is 19.9 Å². The topological polar surface area (TPSA) is 107 Å². The molecular weight excluding hydrogens is 520 g/mol. The smallest absolute Gasteiger partial charge is 0.270 e. The van der Waals surface area contributed by atoms with Crippen molar-refractivity contribution in [1.29, 1.82) is 0 Å². The summed E-state index contributed by atoms with van der Waals surface area (Å²) < 4.78 is 6.05. The van der Waals surface area contributed by atoms with Crippen LogP contribution in [-0.2, 0) is 9.59 Å². The average Bonchev–Trinajstić information content (AvgIpc) is 2.98. The zero-order valence-corrected chi connectivity index (χ0v) is 23.4. The largest absolute Gasteiger partial charge is 0.474 e. The molecule has 2 aromatic rings. The second-order valence-corrected chi connectivity index (χ2v) is 12.5. The van der Waals surface area contributed by atoms with Crippen molar-refractivity contribution in [3.05, 3.63) is 48.2 Å². The molecule has 2 unspecified atom stereocenters. The van der Waals surface area contributed by atoms with Gasteiger partial charge in [0.15, 0.2) is 0 Å². The number of fused-ring (bicyclic) bond motifs is 3. The predicted octanol–water partition coefficient (Wildman–Crippen LogP) is 2.20. The highest BCUT2D eigenvalue weighted by Crippen LogP contribution is 2.53. The molecule has 216 valence electrons. The van der Waals surface area contributed by atoms with Crippen molar-refractivity contribution < 1.29 is 19.1 Å². The number of rotatable bonds is 5. The molecule has 0 radical (unpaired) electrons. The Morgan fingerprint density at radius 1 is 1.05 bits per heavy atom. The van der Waals surface area contributed by atoms with Gasteiger partial charge in [-0.15, -0.1) is 0 Å².